The Balaban J connectivity index is 4.44. The smallest absolute Gasteiger partial charge is 0.306 e. The van der Waals surface area contributed by atoms with Gasteiger partial charge < -0.3 is 14.2 Å². The lowest BCUT2D eigenvalue weighted by Crippen LogP contribution is -2.30. The Kier molecular flexibility index (Phi) is 54.0. The fourth-order valence-corrected chi connectivity index (χ4v) is 7.09. The highest BCUT2D eigenvalue weighted by atomic mass is 16.6. The fraction of sp³-hybridized carbons (Fsp3) is 0.619. The van der Waals surface area contributed by atoms with E-state index in [9.17, 15) is 9.59 Å². The van der Waals surface area contributed by atoms with Gasteiger partial charge in [-0.15, -0.1) is 0 Å². The fourth-order valence-electron chi connectivity index (χ4n) is 7.09. The van der Waals surface area contributed by atoms with Crippen molar-refractivity contribution in [3.63, 3.8) is 0 Å². The van der Waals surface area contributed by atoms with E-state index in [0.717, 1.165) is 128 Å². The molecule has 1 atom stereocenters. The van der Waals surface area contributed by atoms with Crippen molar-refractivity contribution in [2.45, 2.75) is 232 Å². The van der Waals surface area contributed by atoms with E-state index in [4.69, 9.17) is 14.2 Å². The molecule has 0 aromatic rings. The van der Waals surface area contributed by atoms with Gasteiger partial charge in [-0.2, -0.15) is 0 Å². The van der Waals surface area contributed by atoms with Gasteiger partial charge in [-0.1, -0.05) is 212 Å². The number of hydrogen-bond acceptors (Lipinski definition) is 5. The lowest BCUT2D eigenvalue weighted by atomic mass is 10.1. The van der Waals surface area contributed by atoms with Crippen molar-refractivity contribution in [2.75, 3.05) is 19.8 Å². The molecule has 0 aromatic carbocycles. The highest BCUT2D eigenvalue weighted by molar-refractivity contribution is 5.70. The van der Waals surface area contributed by atoms with E-state index in [1.165, 1.54) is 64.2 Å². The van der Waals surface area contributed by atoms with Crippen LogP contribution < -0.4 is 0 Å². The summed E-state index contributed by atoms with van der Waals surface area (Å²) >= 11 is 0. The first-order chi connectivity index (χ1) is 33.6. The zero-order valence-electron chi connectivity index (χ0n) is 44.1. The van der Waals surface area contributed by atoms with Gasteiger partial charge in [0.2, 0.25) is 0 Å². The summed E-state index contributed by atoms with van der Waals surface area (Å²) in [6, 6.07) is 0. The Bertz CT molecular complexity index is 1430. The van der Waals surface area contributed by atoms with Crippen LogP contribution in [0.25, 0.3) is 0 Å². The SMILES string of the molecule is CC/C=C\C/C=C\C/C=C\C/C=C\C/C=C\CCCCCC(=O)OCC(COCCCCCCCC/C=C\CCCCCC)OC(=O)CCCCC/C=C\C/C=C\C/C=C\C/C=C\C/C=C\CC. The molecule has 0 fully saturated rings. The first-order valence-corrected chi connectivity index (χ1v) is 27.7. The highest BCUT2D eigenvalue weighted by Gasteiger charge is 2.17. The molecule has 0 aliphatic heterocycles. The van der Waals surface area contributed by atoms with Crippen LogP contribution in [-0.4, -0.2) is 37.9 Å². The number of ether oxygens (including phenoxy) is 3. The second-order valence-electron chi connectivity index (χ2n) is 17.7. The van der Waals surface area contributed by atoms with E-state index in [1.54, 1.807) is 0 Å². The second-order valence-corrected chi connectivity index (χ2v) is 17.7. The molecule has 5 nitrogen and oxygen atoms in total. The van der Waals surface area contributed by atoms with Crippen LogP contribution in [0.5, 0.6) is 0 Å². The molecule has 0 aliphatic rings. The van der Waals surface area contributed by atoms with Crippen LogP contribution in [0.3, 0.4) is 0 Å². The minimum absolute atomic E-state index is 0.0435. The minimum Gasteiger partial charge on any atom is -0.462 e. The van der Waals surface area contributed by atoms with Gasteiger partial charge in [0.1, 0.15) is 6.61 Å². The van der Waals surface area contributed by atoms with Crippen LogP contribution in [0, 0.1) is 0 Å². The van der Waals surface area contributed by atoms with Crippen LogP contribution in [0.15, 0.2) is 134 Å². The number of unbranched alkanes of at least 4 members (excludes halogenated alkanes) is 16. The van der Waals surface area contributed by atoms with E-state index in [1.807, 2.05) is 0 Å². The molecule has 68 heavy (non-hydrogen) atoms. The molecule has 0 spiro atoms. The standard InChI is InChI=1S/C63H102O5/c1-4-7-10-13-16-19-22-25-28-30-32-34-36-38-41-44-47-50-53-56-62(64)67-60-61(59-66-58-55-52-49-46-43-40-27-24-21-18-15-12-9-6-3)68-63(65)57-54-51-48-45-42-39-37-35-33-31-29-26-23-20-17-14-11-8-5-2/h7-8,10-11,16-17,19-21,24-26,28-29,32-35,38-39,41-42,61H,4-6,9,12-15,18,22-23,27,30-31,36-37,40,43-60H2,1-3H3/b10-7-,11-8-,19-16-,20-17-,24-21-,28-25-,29-26-,34-32-,35-33-,41-38-,42-39-. The quantitative estimate of drug-likeness (QED) is 0.0345. The van der Waals surface area contributed by atoms with Gasteiger partial charge in [0, 0.05) is 19.4 Å². The number of allylic oxidation sites excluding steroid dienone is 22. The summed E-state index contributed by atoms with van der Waals surface area (Å²) < 4.78 is 17.4. The highest BCUT2D eigenvalue weighted by Crippen LogP contribution is 2.12. The molecule has 0 heterocycles. The molecule has 0 radical (unpaired) electrons. The lowest BCUT2D eigenvalue weighted by Gasteiger charge is -2.18. The van der Waals surface area contributed by atoms with Crippen LogP contribution >= 0.6 is 0 Å². The molecule has 0 aliphatic carbocycles. The molecule has 0 amide bonds. The number of esters is 2. The van der Waals surface area contributed by atoms with Gasteiger partial charge in [-0.05, 0) is 135 Å². The van der Waals surface area contributed by atoms with E-state index >= 15 is 0 Å². The van der Waals surface area contributed by atoms with E-state index in [-0.39, 0.29) is 25.2 Å². The van der Waals surface area contributed by atoms with Gasteiger partial charge in [0.05, 0.1) is 6.61 Å². The van der Waals surface area contributed by atoms with Crippen molar-refractivity contribution in [2.24, 2.45) is 0 Å². The number of carbonyl (C=O) groups excluding carboxylic acids is 2. The summed E-state index contributed by atoms with van der Waals surface area (Å²) in [7, 11) is 0. The Labute approximate surface area is 419 Å². The normalized spacial score (nSPS) is 13.3. The van der Waals surface area contributed by atoms with E-state index in [2.05, 4.69) is 154 Å². The van der Waals surface area contributed by atoms with Gasteiger partial charge in [-0.25, -0.2) is 0 Å². The molecule has 5 heteroatoms. The third kappa shape index (κ3) is 54.6. The molecule has 1 unspecified atom stereocenters. The molecule has 0 saturated heterocycles. The lowest BCUT2D eigenvalue weighted by molar-refractivity contribution is -0.163. The average molecular weight is 940 g/mol. The summed E-state index contributed by atoms with van der Waals surface area (Å²) in [4.78, 5) is 25.5. The van der Waals surface area contributed by atoms with Gasteiger partial charge in [-0.3, -0.25) is 9.59 Å². The summed E-state index contributed by atoms with van der Waals surface area (Å²) in [5.74, 6) is -0.482. The molecule has 0 rings (SSSR count). The maximum atomic E-state index is 12.8. The predicted octanol–water partition coefficient (Wildman–Crippen LogP) is 19.1. The molecule has 0 bridgehead atoms. The van der Waals surface area contributed by atoms with Crippen molar-refractivity contribution in [1.29, 1.82) is 0 Å². The van der Waals surface area contributed by atoms with Crippen LogP contribution in [0.4, 0.5) is 0 Å². The number of hydrogen-bond donors (Lipinski definition) is 0. The zero-order valence-corrected chi connectivity index (χ0v) is 44.1. The molecule has 384 valence electrons. The summed E-state index contributed by atoms with van der Waals surface area (Å²) in [5.41, 5.74) is 0. The first kappa shape index (κ1) is 64.0. The zero-order chi connectivity index (χ0) is 49.2. The first-order valence-electron chi connectivity index (χ1n) is 27.7. The van der Waals surface area contributed by atoms with Crippen LogP contribution in [0.2, 0.25) is 0 Å². The molecule has 0 saturated carbocycles. The average Bonchev–Trinajstić information content (AvgIpc) is 3.34. The van der Waals surface area contributed by atoms with Gasteiger partial charge in [0.15, 0.2) is 6.10 Å². The topological polar surface area (TPSA) is 61.8 Å². The van der Waals surface area contributed by atoms with E-state index in [0.29, 0.717) is 19.4 Å². The summed E-state index contributed by atoms with van der Waals surface area (Å²) in [6.45, 7) is 7.49. The van der Waals surface area contributed by atoms with Crippen molar-refractivity contribution >= 4 is 11.9 Å². The molecular formula is C63H102O5. The van der Waals surface area contributed by atoms with Gasteiger partial charge >= 0.3 is 11.9 Å². The third-order valence-electron chi connectivity index (χ3n) is 11.2. The van der Waals surface area contributed by atoms with Crippen LogP contribution in [0.1, 0.15) is 226 Å². The monoisotopic (exact) mass is 939 g/mol. The molecule has 0 N–H and O–H groups in total. The third-order valence-corrected chi connectivity index (χ3v) is 11.2. The Hall–Kier alpha value is -3.96. The minimum atomic E-state index is -0.581. The summed E-state index contributed by atoms with van der Waals surface area (Å²) in [6.07, 6.45) is 81.8. The Morgan fingerprint density at radius 3 is 1.07 bits per heavy atom. The maximum absolute atomic E-state index is 12.8. The number of rotatable bonds is 49. The maximum Gasteiger partial charge on any atom is 0.306 e. The summed E-state index contributed by atoms with van der Waals surface area (Å²) in [5, 5.41) is 0. The van der Waals surface area contributed by atoms with Crippen molar-refractivity contribution < 1.29 is 23.8 Å². The Morgan fingerprint density at radius 2 is 0.662 bits per heavy atom. The van der Waals surface area contributed by atoms with E-state index < -0.39 is 6.10 Å². The van der Waals surface area contributed by atoms with Crippen LogP contribution in [-0.2, 0) is 23.8 Å². The Morgan fingerprint density at radius 1 is 0.338 bits per heavy atom. The van der Waals surface area contributed by atoms with Crippen molar-refractivity contribution in [1.82, 2.24) is 0 Å². The second kappa shape index (κ2) is 57.4. The number of carbonyl (C=O) groups is 2. The van der Waals surface area contributed by atoms with Crippen molar-refractivity contribution in [3.8, 4) is 0 Å². The largest absolute Gasteiger partial charge is 0.462 e. The van der Waals surface area contributed by atoms with Crippen molar-refractivity contribution in [3.05, 3.63) is 134 Å². The molecular weight excluding hydrogens is 837 g/mol. The van der Waals surface area contributed by atoms with Gasteiger partial charge in [0.25, 0.3) is 0 Å². The predicted molar refractivity (Wildman–Crippen MR) is 297 cm³/mol. The molecule has 0 aromatic heterocycles.